The Morgan fingerprint density at radius 3 is 2.31 bits per heavy atom. The van der Waals surface area contributed by atoms with E-state index in [4.69, 9.17) is 35.3 Å². The van der Waals surface area contributed by atoms with Crippen LogP contribution in [-0.4, -0.2) is 63.0 Å². The highest BCUT2D eigenvalue weighted by Crippen LogP contribution is 2.42. The van der Waals surface area contributed by atoms with Gasteiger partial charge in [0.15, 0.2) is 6.10 Å². The van der Waals surface area contributed by atoms with Gasteiger partial charge in [0.2, 0.25) is 6.10 Å². The first-order valence-electron chi connectivity index (χ1n) is 10.2. The van der Waals surface area contributed by atoms with Crippen molar-refractivity contribution in [2.75, 3.05) is 20.3 Å². The molecular weight excluding hydrogens is 453 g/mol. The highest BCUT2D eigenvalue weighted by molar-refractivity contribution is 6.31. The zero-order chi connectivity index (χ0) is 23.4. The molecule has 1 aromatic carbocycles. The third-order valence-electron chi connectivity index (χ3n) is 5.80. The second-order valence-corrected chi connectivity index (χ2v) is 9.48. The van der Waals surface area contributed by atoms with Crippen molar-refractivity contribution < 1.29 is 41.7 Å². The Hall–Kier alpha value is -1.81. The van der Waals surface area contributed by atoms with E-state index in [1.165, 1.54) is 19.2 Å². The summed E-state index contributed by atoms with van der Waals surface area (Å²) in [5.74, 6) is -1.14. The van der Waals surface area contributed by atoms with Gasteiger partial charge in [-0.2, -0.15) is 13.2 Å². The van der Waals surface area contributed by atoms with Crippen LogP contribution in [0, 0.1) is 0 Å². The quantitative estimate of drug-likeness (QED) is 0.613. The Morgan fingerprint density at radius 2 is 1.72 bits per heavy atom. The number of hydrogen-bond donors (Lipinski definition) is 0. The summed E-state index contributed by atoms with van der Waals surface area (Å²) in [5, 5.41) is 0.367. The molecule has 10 heteroatoms. The van der Waals surface area contributed by atoms with Crippen molar-refractivity contribution in [3.05, 3.63) is 33.9 Å². The average molecular weight is 477 g/mol. The minimum atomic E-state index is -4.83. The lowest BCUT2D eigenvalue weighted by atomic mass is 9.85. The highest BCUT2D eigenvalue weighted by Gasteiger charge is 2.52. The zero-order valence-electron chi connectivity index (χ0n) is 18.0. The lowest BCUT2D eigenvalue weighted by Crippen LogP contribution is -2.42. The molecule has 3 aliphatic rings. The van der Waals surface area contributed by atoms with E-state index in [2.05, 4.69) is 0 Å². The van der Waals surface area contributed by atoms with Crippen LogP contribution in [0.25, 0.3) is 6.08 Å². The van der Waals surface area contributed by atoms with E-state index in [1.54, 1.807) is 0 Å². The molecule has 32 heavy (non-hydrogen) atoms. The Kier molecular flexibility index (Phi) is 5.98. The van der Waals surface area contributed by atoms with Crippen molar-refractivity contribution in [2.24, 2.45) is 0 Å². The Morgan fingerprint density at radius 1 is 1.09 bits per heavy atom. The summed E-state index contributed by atoms with van der Waals surface area (Å²) >= 11 is 6.36. The Bertz CT molecular complexity index is 939. The second-order valence-electron chi connectivity index (χ2n) is 9.07. The van der Waals surface area contributed by atoms with Crippen molar-refractivity contribution in [1.29, 1.82) is 0 Å². The maximum Gasteiger partial charge on any atom is 0.430 e. The number of methoxy groups -OCH3 is 1. The van der Waals surface area contributed by atoms with Gasteiger partial charge >= 0.3 is 12.1 Å². The molecule has 2 saturated heterocycles. The number of hydrogen-bond acceptors (Lipinski definition) is 6. The van der Waals surface area contributed by atoms with Crippen molar-refractivity contribution in [1.82, 2.24) is 0 Å². The summed E-state index contributed by atoms with van der Waals surface area (Å²) in [6.07, 6.45) is -8.39. The number of alkyl halides is 3. The first kappa shape index (κ1) is 23.4. The SMILES string of the molecule is CO[C@@H]1CO[C@H]2[C@@H]1OC[C@@H]2OC(=O)C1=Cc2cc(Cl)c(C(C)(C)C)cc2O[C@@H]1C(F)(F)F. The van der Waals surface area contributed by atoms with Crippen LogP contribution in [0.15, 0.2) is 17.7 Å². The standard InChI is InChI=1S/C22H24ClF3O6/c1-21(2,3)12-7-14-10(6-13(12)23)5-11(19(31-14)22(24,25)26)20(27)32-16-9-30-17-15(28-4)8-29-18(16)17/h5-7,15-19H,8-9H2,1-4H3/t15-,16+,17-,18-,19+/m1/s1. The molecule has 3 aliphatic heterocycles. The fourth-order valence-electron chi connectivity index (χ4n) is 4.14. The molecule has 3 heterocycles. The molecule has 4 rings (SSSR count). The van der Waals surface area contributed by atoms with Crippen molar-refractivity contribution in [2.45, 2.75) is 62.9 Å². The van der Waals surface area contributed by atoms with E-state index < -0.39 is 47.5 Å². The minimum absolute atomic E-state index is 0.00309. The minimum Gasteiger partial charge on any atom is -0.475 e. The summed E-state index contributed by atoms with van der Waals surface area (Å²) in [7, 11) is 1.50. The third kappa shape index (κ3) is 4.23. The molecule has 5 atom stereocenters. The number of fused-ring (bicyclic) bond motifs is 2. The normalized spacial score (nSPS) is 29.8. The van der Waals surface area contributed by atoms with Crippen molar-refractivity contribution in [3.8, 4) is 5.75 Å². The zero-order valence-corrected chi connectivity index (χ0v) is 18.8. The maximum absolute atomic E-state index is 13.8. The molecule has 0 radical (unpaired) electrons. The van der Waals surface area contributed by atoms with Crippen LogP contribution in [0.5, 0.6) is 5.75 Å². The fourth-order valence-corrected chi connectivity index (χ4v) is 4.59. The smallest absolute Gasteiger partial charge is 0.430 e. The molecule has 0 unspecified atom stereocenters. The van der Waals surface area contributed by atoms with Crippen LogP contribution >= 0.6 is 11.6 Å². The summed E-state index contributed by atoms with van der Waals surface area (Å²) in [6.45, 7) is 5.92. The van der Waals surface area contributed by atoms with E-state index >= 15 is 0 Å². The van der Waals surface area contributed by atoms with Gasteiger partial charge in [-0.15, -0.1) is 0 Å². The van der Waals surface area contributed by atoms with Gasteiger partial charge in [-0.05, 0) is 29.2 Å². The van der Waals surface area contributed by atoms with Crippen LogP contribution in [-0.2, 0) is 29.2 Å². The summed E-state index contributed by atoms with van der Waals surface area (Å²) in [5.41, 5.74) is -0.160. The molecular formula is C22H24ClF3O6. The molecule has 1 aromatic rings. The Labute approximate surface area is 188 Å². The molecule has 176 valence electrons. The number of esters is 1. The molecule has 6 nitrogen and oxygen atoms in total. The van der Waals surface area contributed by atoms with E-state index in [-0.39, 0.29) is 30.6 Å². The van der Waals surface area contributed by atoms with Crippen LogP contribution in [0.1, 0.15) is 31.9 Å². The van der Waals surface area contributed by atoms with Gasteiger partial charge in [0, 0.05) is 17.7 Å². The number of ether oxygens (including phenoxy) is 5. The molecule has 0 N–H and O–H groups in total. The fraction of sp³-hybridized carbons (Fsp3) is 0.591. The van der Waals surface area contributed by atoms with Crippen molar-refractivity contribution >= 4 is 23.6 Å². The summed E-state index contributed by atoms with van der Waals surface area (Å²) in [4.78, 5) is 12.8. The summed E-state index contributed by atoms with van der Waals surface area (Å²) < 4.78 is 68.5. The first-order valence-corrected chi connectivity index (χ1v) is 10.5. The number of carbonyl (C=O) groups is 1. The number of rotatable bonds is 3. The molecule has 0 amide bonds. The first-order chi connectivity index (χ1) is 14.9. The van der Waals surface area contributed by atoms with Crippen LogP contribution in [0.2, 0.25) is 5.02 Å². The van der Waals surface area contributed by atoms with E-state index in [0.717, 1.165) is 6.08 Å². The predicted octanol–water partition coefficient (Wildman–Crippen LogP) is 4.07. The van der Waals surface area contributed by atoms with Crippen LogP contribution in [0.3, 0.4) is 0 Å². The maximum atomic E-state index is 13.8. The van der Waals surface area contributed by atoms with Gasteiger partial charge in [0.25, 0.3) is 0 Å². The number of halogens is 4. The van der Waals surface area contributed by atoms with E-state index in [0.29, 0.717) is 10.6 Å². The molecule has 0 aromatic heterocycles. The summed E-state index contributed by atoms with van der Waals surface area (Å²) in [6, 6.07) is 2.98. The molecule has 0 aliphatic carbocycles. The lowest BCUT2D eigenvalue weighted by Gasteiger charge is -2.30. The molecule has 0 spiro atoms. The van der Waals surface area contributed by atoms with Crippen molar-refractivity contribution in [3.63, 3.8) is 0 Å². The molecule has 0 bridgehead atoms. The Balaban J connectivity index is 1.63. The van der Waals surface area contributed by atoms with Gasteiger partial charge < -0.3 is 23.7 Å². The lowest BCUT2D eigenvalue weighted by molar-refractivity contribution is -0.189. The monoisotopic (exact) mass is 476 g/mol. The van der Waals surface area contributed by atoms with Gasteiger partial charge in [-0.25, -0.2) is 4.79 Å². The number of carbonyl (C=O) groups excluding carboxylic acids is 1. The highest BCUT2D eigenvalue weighted by atomic mass is 35.5. The predicted molar refractivity (Wildman–Crippen MR) is 109 cm³/mol. The average Bonchev–Trinajstić information content (AvgIpc) is 3.27. The van der Waals surface area contributed by atoms with Gasteiger partial charge in [-0.1, -0.05) is 32.4 Å². The van der Waals surface area contributed by atoms with Crippen LogP contribution < -0.4 is 4.74 Å². The van der Waals surface area contributed by atoms with E-state index in [1.807, 2.05) is 20.8 Å². The topological polar surface area (TPSA) is 63.2 Å². The van der Waals surface area contributed by atoms with Crippen LogP contribution in [0.4, 0.5) is 13.2 Å². The number of benzene rings is 1. The van der Waals surface area contributed by atoms with E-state index in [9.17, 15) is 18.0 Å². The van der Waals surface area contributed by atoms with Gasteiger partial charge in [0.1, 0.15) is 24.1 Å². The second kappa shape index (κ2) is 8.20. The molecule has 2 fully saturated rings. The molecule has 0 saturated carbocycles. The van der Waals surface area contributed by atoms with Gasteiger partial charge in [-0.3, -0.25) is 0 Å². The third-order valence-corrected chi connectivity index (χ3v) is 6.12. The van der Waals surface area contributed by atoms with Gasteiger partial charge in [0.05, 0.1) is 18.8 Å². The largest absolute Gasteiger partial charge is 0.475 e.